The summed E-state index contributed by atoms with van der Waals surface area (Å²) in [5, 5.41) is 14.8. The number of anilines is 2. The molecule has 2 aliphatic rings. The summed E-state index contributed by atoms with van der Waals surface area (Å²) in [6.07, 6.45) is 1.42. The van der Waals surface area contributed by atoms with Gasteiger partial charge in [0, 0.05) is 35.7 Å². The normalized spacial score (nSPS) is 19.5. The number of carbonyl (C=O) groups excluding carboxylic acids is 2. The van der Waals surface area contributed by atoms with Crippen molar-refractivity contribution in [3.05, 3.63) is 59.7 Å². The van der Waals surface area contributed by atoms with Crippen LogP contribution in [0.15, 0.2) is 48.5 Å². The summed E-state index contributed by atoms with van der Waals surface area (Å²) in [4.78, 5) is 36.9. The van der Waals surface area contributed by atoms with Gasteiger partial charge in [0.25, 0.3) is 5.91 Å². The van der Waals surface area contributed by atoms with Crippen LogP contribution in [-0.2, 0) is 14.3 Å². The Balaban J connectivity index is 1.32. The Kier molecular flexibility index (Phi) is 6.91. The van der Waals surface area contributed by atoms with E-state index in [1.54, 1.807) is 36.4 Å². The second-order valence-electron chi connectivity index (χ2n) is 8.02. The quantitative estimate of drug-likeness (QED) is 0.624. The molecule has 8 nitrogen and oxygen atoms in total. The van der Waals surface area contributed by atoms with Gasteiger partial charge < -0.3 is 20.5 Å². The van der Waals surface area contributed by atoms with Crippen molar-refractivity contribution in [3.8, 4) is 11.8 Å². The minimum Gasteiger partial charge on any atom is -0.465 e. The van der Waals surface area contributed by atoms with E-state index >= 15 is 0 Å². The fraction of sp³-hybridized carbons (Fsp3) is 0.320. The van der Waals surface area contributed by atoms with Crippen LogP contribution < -0.4 is 10.6 Å². The van der Waals surface area contributed by atoms with Crippen molar-refractivity contribution < 1.29 is 24.2 Å². The molecule has 2 aliphatic heterocycles. The highest BCUT2D eigenvalue weighted by molar-refractivity contribution is 5.96. The predicted molar refractivity (Wildman–Crippen MR) is 123 cm³/mol. The Morgan fingerprint density at radius 2 is 1.42 bits per heavy atom. The Hall–Kier alpha value is -3.83. The number of hydrogen-bond donors (Lipinski definition) is 3. The first-order chi connectivity index (χ1) is 16.0. The van der Waals surface area contributed by atoms with Crippen molar-refractivity contribution in [2.45, 2.75) is 37.8 Å². The molecule has 0 radical (unpaired) electrons. The minimum absolute atomic E-state index is 0.123. The molecular formula is C25H25N3O5. The summed E-state index contributed by atoms with van der Waals surface area (Å²) in [5.41, 5.74) is 2.87. The number of ether oxygens (including phenoxy) is 1. The van der Waals surface area contributed by atoms with Gasteiger partial charge in [0.2, 0.25) is 5.91 Å². The molecule has 3 N–H and O–H groups in total. The predicted octanol–water partition coefficient (Wildman–Crippen LogP) is 3.28. The first-order valence-corrected chi connectivity index (χ1v) is 10.9. The van der Waals surface area contributed by atoms with E-state index in [1.165, 1.54) is 4.90 Å². The van der Waals surface area contributed by atoms with Gasteiger partial charge in [0.05, 0.1) is 0 Å². The first kappa shape index (κ1) is 22.4. The van der Waals surface area contributed by atoms with Crippen LogP contribution in [0.3, 0.4) is 0 Å². The number of rotatable bonds is 4. The Bertz CT molecular complexity index is 1080. The van der Waals surface area contributed by atoms with Crippen molar-refractivity contribution >= 4 is 29.3 Å². The van der Waals surface area contributed by atoms with Crippen LogP contribution in [0.5, 0.6) is 0 Å². The molecule has 2 saturated heterocycles. The molecule has 2 fully saturated rings. The number of nitrogens with one attached hydrogen (secondary N) is 2. The summed E-state index contributed by atoms with van der Waals surface area (Å²) >= 11 is 0. The minimum atomic E-state index is -1.07. The van der Waals surface area contributed by atoms with Crippen LogP contribution in [0.2, 0.25) is 0 Å². The van der Waals surface area contributed by atoms with E-state index in [0.29, 0.717) is 37.4 Å². The molecule has 2 heterocycles. The van der Waals surface area contributed by atoms with Gasteiger partial charge in [0.1, 0.15) is 12.1 Å². The number of amides is 3. The topological polar surface area (TPSA) is 108 Å². The second kappa shape index (κ2) is 10.2. The Morgan fingerprint density at radius 1 is 0.848 bits per heavy atom. The highest BCUT2D eigenvalue weighted by Crippen LogP contribution is 2.20. The highest BCUT2D eigenvalue weighted by Gasteiger charge is 2.34. The maximum atomic E-state index is 12.4. The van der Waals surface area contributed by atoms with E-state index < -0.39 is 12.1 Å². The first-order valence-electron chi connectivity index (χ1n) is 10.9. The molecule has 2 atom stereocenters. The number of carbonyl (C=O) groups is 3. The van der Waals surface area contributed by atoms with Crippen LogP contribution in [0.25, 0.3) is 0 Å². The maximum absolute atomic E-state index is 12.4. The zero-order valence-electron chi connectivity index (χ0n) is 18.0. The molecule has 0 saturated carbocycles. The third kappa shape index (κ3) is 5.70. The number of likely N-dealkylation sites (tertiary alicyclic amines) is 1. The average Bonchev–Trinajstić information content (AvgIpc) is 3.52. The molecule has 4 rings (SSSR count). The van der Waals surface area contributed by atoms with Crippen molar-refractivity contribution in [1.29, 1.82) is 0 Å². The van der Waals surface area contributed by atoms with Gasteiger partial charge in [0.15, 0.2) is 0 Å². The van der Waals surface area contributed by atoms with Gasteiger partial charge in [-0.15, -0.1) is 0 Å². The van der Waals surface area contributed by atoms with Gasteiger partial charge in [-0.2, -0.15) is 0 Å². The van der Waals surface area contributed by atoms with E-state index in [1.807, 2.05) is 12.1 Å². The Labute approximate surface area is 191 Å². The van der Waals surface area contributed by atoms with E-state index in [9.17, 15) is 19.5 Å². The van der Waals surface area contributed by atoms with Crippen molar-refractivity contribution in [3.63, 3.8) is 0 Å². The lowest BCUT2D eigenvalue weighted by Gasteiger charge is -2.20. The lowest BCUT2D eigenvalue weighted by atomic mass is 10.1. The zero-order chi connectivity index (χ0) is 23.2. The molecule has 3 amide bonds. The SMILES string of the molecule is O=C(Nc1ccc(C#Cc2ccc(NC(=O)[C@@H]3CCCN3C(=O)O)cc2)cc1)[C@H]1CCCO1. The third-order valence-electron chi connectivity index (χ3n) is 5.68. The van der Waals surface area contributed by atoms with Gasteiger partial charge >= 0.3 is 6.09 Å². The summed E-state index contributed by atoms with van der Waals surface area (Å²) in [7, 11) is 0. The van der Waals surface area contributed by atoms with E-state index in [-0.39, 0.29) is 17.9 Å². The molecule has 0 unspecified atom stereocenters. The van der Waals surface area contributed by atoms with Crippen molar-refractivity contribution in [2.24, 2.45) is 0 Å². The van der Waals surface area contributed by atoms with Gasteiger partial charge in [-0.3, -0.25) is 14.5 Å². The van der Waals surface area contributed by atoms with Crippen LogP contribution in [0.1, 0.15) is 36.8 Å². The molecule has 0 bridgehead atoms. The summed E-state index contributed by atoms with van der Waals surface area (Å²) in [6.45, 7) is 1.01. The van der Waals surface area contributed by atoms with Crippen LogP contribution >= 0.6 is 0 Å². The molecule has 170 valence electrons. The number of benzene rings is 2. The molecular weight excluding hydrogens is 422 g/mol. The monoisotopic (exact) mass is 447 g/mol. The van der Waals surface area contributed by atoms with Gasteiger partial charge in [-0.25, -0.2) is 4.79 Å². The molecule has 33 heavy (non-hydrogen) atoms. The fourth-order valence-corrected chi connectivity index (χ4v) is 3.92. The molecule has 0 spiro atoms. The average molecular weight is 447 g/mol. The number of hydrogen-bond acceptors (Lipinski definition) is 4. The third-order valence-corrected chi connectivity index (χ3v) is 5.68. The van der Waals surface area contributed by atoms with Crippen LogP contribution in [0, 0.1) is 11.8 Å². The van der Waals surface area contributed by atoms with E-state index in [0.717, 1.165) is 24.0 Å². The fourth-order valence-electron chi connectivity index (χ4n) is 3.92. The summed E-state index contributed by atoms with van der Waals surface area (Å²) < 4.78 is 5.38. The Morgan fingerprint density at radius 3 is 1.94 bits per heavy atom. The second-order valence-corrected chi connectivity index (χ2v) is 8.02. The van der Waals surface area contributed by atoms with Crippen LogP contribution in [0.4, 0.5) is 16.2 Å². The zero-order valence-corrected chi connectivity index (χ0v) is 18.0. The molecule has 0 aliphatic carbocycles. The summed E-state index contributed by atoms with van der Waals surface area (Å²) in [6, 6.07) is 13.7. The van der Waals surface area contributed by atoms with Crippen molar-refractivity contribution in [2.75, 3.05) is 23.8 Å². The van der Waals surface area contributed by atoms with Crippen LogP contribution in [-0.4, -0.2) is 53.2 Å². The lowest BCUT2D eigenvalue weighted by Crippen LogP contribution is -2.42. The highest BCUT2D eigenvalue weighted by atomic mass is 16.5. The lowest BCUT2D eigenvalue weighted by molar-refractivity contribution is -0.124. The molecule has 2 aromatic carbocycles. The van der Waals surface area contributed by atoms with Gasteiger partial charge in [-0.05, 0) is 74.2 Å². The van der Waals surface area contributed by atoms with Crippen molar-refractivity contribution in [1.82, 2.24) is 4.90 Å². The van der Waals surface area contributed by atoms with E-state index in [4.69, 9.17) is 4.74 Å². The molecule has 8 heteroatoms. The smallest absolute Gasteiger partial charge is 0.407 e. The largest absolute Gasteiger partial charge is 0.465 e. The standard InChI is InChI=1S/C25H25N3O5/c29-23(21-3-1-15-28(21)25(31)32)26-19-11-7-17(8-12-19)5-6-18-9-13-20(14-10-18)27-24(30)22-4-2-16-33-22/h7-14,21-22H,1-4,15-16H2,(H,26,29)(H,27,30)(H,31,32)/t21-,22+/m0/s1. The van der Waals surface area contributed by atoms with Gasteiger partial charge in [-0.1, -0.05) is 11.8 Å². The molecule has 2 aromatic rings. The number of carboxylic acid groups (broad SMARTS) is 1. The maximum Gasteiger partial charge on any atom is 0.407 e. The number of nitrogens with zero attached hydrogens (tertiary/aromatic N) is 1. The molecule has 0 aromatic heterocycles. The van der Waals surface area contributed by atoms with E-state index in [2.05, 4.69) is 22.5 Å². The summed E-state index contributed by atoms with van der Waals surface area (Å²) in [5.74, 6) is 5.70.